The van der Waals surface area contributed by atoms with Gasteiger partial charge < -0.3 is 15.7 Å². The highest BCUT2D eigenvalue weighted by atomic mass is 16.4. The Hall–Kier alpha value is -2.97. The monoisotopic (exact) mass is 330 g/mol. The summed E-state index contributed by atoms with van der Waals surface area (Å²) in [7, 11) is 0. The Bertz CT molecular complexity index is 723. The molecule has 0 spiro atoms. The average Bonchev–Trinajstić information content (AvgIpc) is 3.28. The van der Waals surface area contributed by atoms with Crippen LogP contribution < -0.4 is 10.6 Å². The Kier molecular flexibility index (Phi) is 4.69. The number of amides is 2. The summed E-state index contributed by atoms with van der Waals surface area (Å²) in [4.78, 5) is 22.6. The Balaban J connectivity index is 1.44. The fraction of sp³-hybridized carbons (Fsp3) is 0.400. The summed E-state index contributed by atoms with van der Waals surface area (Å²) in [6.45, 7) is 1.35. The summed E-state index contributed by atoms with van der Waals surface area (Å²) < 4.78 is 1.72. The Morgan fingerprint density at radius 2 is 1.88 bits per heavy atom. The van der Waals surface area contributed by atoms with E-state index in [-0.39, 0.29) is 18.1 Å². The molecule has 0 bridgehead atoms. The highest BCUT2D eigenvalue weighted by Gasteiger charge is 2.23. The van der Waals surface area contributed by atoms with Crippen molar-refractivity contribution in [2.24, 2.45) is 5.92 Å². The fourth-order valence-corrected chi connectivity index (χ4v) is 2.21. The number of carboxylic acids is 1. The van der Waals surface area contributed by atoms with Crippen molar-refractivity contribution in [3.8, 4) is 0 Å². The van der Waals surface area contributed by atoms with E-state index >= 15 is 0 Å². The maximum Gasteiger partial charge on any atom is 0.335 e. The lowest BCUT2D eigenvalue weighted by Gasteiger charge is -2.08. The number of benzene rings is 1. The Labute approximate surface area is 138 Å². The smallest absolute Gasteiger partial charge is 0.335 e. The van der Waals surface area contributed by atoms with Crippen LogP contribution in [0.5, 0.6) is 0 Å². The van der Waals surface area contributed by atoms with Gasteiger partial charge in [-0.05, 0) is 46.9 Å². The first-order valence-corrected chi connectivity index (χ1v) is 7.71. The van der Waals surface area contributed by atoms with E-state index in [0.717, 1.165) is 12.1 Å². The summed E-state index contributed by atoms with van der Waals surface area (Å²) in [5.74, 6) is 0.300. The minimum absolute atomic E-state index is 0.214. The van der Waals surface area contributed by atoms with E-state index in [9.17, 15) is 9.59 Å². The molecule has 2 amide bonds. The number of nitrogens with zero attached hydrogens (tertiary/aromatic N) is 4. The summed E-state index contributed by atoms with van der Waals surface area (Å²) >= 11 is 0. The lowest BCUT2D eigenvalue weighted by atomic mass is 10.1. The van der Waals surface area contributed by atoms with E-state index in [4.69, 9.17) is 5.11 Å². The van der Waals surface area contributed by atoms with Gasteiger partial charge in [-0.2, -0.15) is 0 Å². The zero-order chi connectivity index (χ0) is 16.9. The van der Waals surface area contributed by atoms with Crippen LogP contribution in [0, 0.1) is 5.92 Å². The standard InChI is InChI=1S/C15H18N6O3/c22-14(23)12-5-3-10(4-6-12)7-16-15(24)17-8-13-18-19-20-21(13)9-11-1-2-11/h3-6,11H,1-2,7-9H2,(H,22,23)(H2,16,17,24). The van der Waals surface area contributed by atoms with Crippen LogP contribution in [0.3, 0.4) is 0 Å². The molecule has 0 radical (unpaired) electrons. The first kappa shape index (κ1) is 15.9. The topological polar surface area (TPSA) is 122 Å². The van der Waals surface area contributed by atoms with Crippen LogP contribution in [-0.4, -0.2) is 37.3 Å². The number of rotatable bonds is 7. The Morgan fingerprint density at radius 1 is 1.17 bits per heavy atom. The highest BCUT2D eigenvalue weighted by Crippen LogP contribution is 2.30. The predicted molar refractivity (Wildman–Crippen MR) is 83.0 cm³/mol. The molecular weight excluding hydrogens is 312 g/mol. The second-order valence-electron chi connectivity index (χ2n) is 5.76. The number of hydrogen-bond acceptors (Lipinski definition) is 5. The molecule has 0 unspecified atom stereocenters. The first-order chi connectivity index (χ1) is 11.6. The van der Waals surface area contributed by atoms with E-state index in [1.807, 2.05) is 0 Å². The van der Waals surface area contributed by atoms with E-state index in [1.54, 1.807) is 16.8 Å². The van der Waals surface area contributed by atoms with Crippen molar-refractivity contribution in [2.45, 2.75) is 32.5 Å². The Morgan fingerprint density at radius 3 is 2.54 bits per heavy atom. The zero-order valence-electron chi connectivity index (χ0n) is 13.0. The molecule has 24 heavy (non-hydrogen) atoms. The van der Waals surface area contributed by atoms with E-state index in [2.05, 4.69) is 26.2 Å². The van der Waals surface area contributed by atoms with Crippen LogP contribution >= 0.6 is 0 Å². The van der Waals surface area contributed by atoms with Crippen LogP contribution in [0.2, 0.25) is 0 Å². The maximum absolute atomic E-state index is 11.8. The van der Waals surface area contributed by atoms with Crippen molar-refractivity contribution in [3.63, 3.8) is 0 Å². The number of nitrogens with one attached hydrogen (secondary N) is 2. The molecule has 2 aromatic rings. The molecule has 1 aromatic heterocycles. The minimum Gasteiger partial charge on any atom is -0.478 e. The number of carbonyl (C=O) groups is 2. The summed E-state index contributed by atoms with van der Waals surface area (Å²) in [5, 5.41) is 25.7. The van der Waals surface area contributed by atoms with Gasteiger partial charge in [0.2, 0.25) is 0 Å². The predicted octanol–water partition coefficient (Wildman–Crippen LogP) is 0.781. The molecule has 1 aromatic carbocycles. The SMILES string of the molecule is O=C(NCc1ccc(C(=O)O)cc1)NCc1nnnn1CC1CC1. The van der Waals surface area contributed by atoms with Gasteiger partial charge in [0.1, 0.15) is 0 Å². The normalized spacial score (nSPS) is 13.5. The number of aromatic carboxylic acids is 1. The molecule has 126 valence electrons. The average molecular weight is 330 g/mol. The van der Waals surface area contributed by atoms with Gasteiger partial charge in [-0.3, -0.25) is 0 Å². The van der Waals surface area contributed by atoms with Crippen molar-refractivity contribution in [2.75, 3.05) is 0 Å². The third-order valence-electron chi connectivity index (χ3n) is 3.80. The zero-order valence-corrected chi connectivity index (χ0v) is 13.0. The lowest BCUT2D eigenvalue weighted by molar-refractivity contribution is 0.0697. The molecule has 1 saturated carbocycles. The van der Waals surface area contributed by atoms with Crippen molar-refractivity contribution in [1.82, 2.24) is 30.8 Å². The molecular formula is C15H18N6O3. The van der Waals surface area contributed by atoms with E-state index < -0.39 is 5.97 Å². The molecule has 0 saturated heterocycles. The molecule has 1 aliphatic carbocycles. The maximum atomic E-state index is 11.8. The van der Waals surface area contributed by atoms with Crippen molar-refractivity contribution in [1.29, 1.82) is 0 Å². The number of aromatic nitrogens is 4. The molecule has 9 heteroatoms. The van der Waals surface area contributed by atoms with Gasteiger partial charge in [-0.25, -0.2) is 14.3 Å². The van der Waals surface area contributed by atoms with Gasteiger partial charge in [-0.15, -0.1) is 5.10 Å². The van der Waals surface area contributed by atoms with Gasteiger partial charge in [0.05, 0.1) is 12.1 Å². The number of tetrazole rings is 1. The summed E-state index contributed by atoms with van der Waals surface area (Å²) in [6, 6.07) is 6.00. The summed E-state index contributed by atoms with van der Waals surface area (Å²) in [5.41, 5.74) is 1.03. The van der Waals surface area contributed by atoms with Crippen LogP contribution in [0.15, 0.2) is 24.3 Å². The number of hydrogen-bond donors (Lipinski definition) is 3. The second kappa shape index (κ2) is 7.07. The molecule has 3 rings (SSSR count). The number of urea groups is 1. The molecule has 3 N–H and O–H groups in total. The highest BCUT2D eigenvalue weighted by molar-refractivity contribution is 5.87. The van der Waals surface area contributed by atoms with Crippen molar-refractivity contribution >= 4 is 12.0 Å². The van der Waals surface area contributed by atoms with E-state index in [0.29, 0.717) is 18.3 Å². The quantitative estimate of drug-likeness (QED) is 0.689. The number of carbonyl (C=O) groups excluding carboxylic acids is 1. The minimum atomic E-state index is -0.976. The lowest BCUT2D eigenvalue weighted by Crippen LogP contribution is -2.35. The second-order valence-corrected chi connectivity index (χ2v) is 5.76. The van der Waals surface area contributed by atoms with E-state index in [1.165, 1.54) is 25.0 Å². The third kappa shape index (κ3) is 4.28. The fourth-order valence-electron chi connectivity index (χ4n) is 2.21. The van der Waals surface area contributed by atoms with Gasteiger partial charge >= 0.3 is 12.0 Å². The molecule has 1 heterocycles. The molecule has 0 atom stereocenters. The van der Waals surface area contributed by atoms with Crippen LogP contribution in [0.4, 0.5) is 4.79 Å². The van der Waals surface area contributed by atoms with Crippen molar-refractivity contribution in [3.05, 3.63) is 41.2 Å². The van der Waals surface area contributed by atoms with Crippen LogP contribution in [0.1, 0.15) is 34.6 Å². The van der Waals surface area contributed by atoms with Gasteiger partial charge in [0, 0.05) is 13.1 Å². The third-order valence-corrected chi connectivity index (χ3v) is 3.80. The van der Waals surface area contributed by atoms with Gasteiger partial charge in [0.15, 0.2) is 5.82 Å². The van der Waals surface area contributed by atoms with Crippen LogP contribution in [0.25, 0.3) is 0 Å². The van der Waals surface area contributed by atoms with Gasteiger partial charge in [-0.1, -0.05) is 12.1 Å². The number of carboxylic acid groups (broad SMARTS) is 1. The molecule has 1 aliphatic rings. The van der Waals surface area contributed by atoms with Crippen molar-refractivity contribution < 1.29 is 14.7 Å². The molecule has 1 fully saturated rings. The van der Waals surface area contributed by atoms with Gasteiger partial charge in [0.25, 0.3) is 0 Å². The summed E-state index contributed by atoms with van der Waals surface area (Å²) in [6.07, 6.45) is 2.40. The largest absolute Gasteiger partial charge is 0.478 e. The molecule has 0 aliphatic heterocycles. The van der Waals surface area contributed by atoms with Crippen LogP contribution in [-0.2, 0) is 19.6 Å². The first-order valence-electron chi connectivity index (χ1n) is 7.71. The molecule has 9 nitrogen and oxygen atoms in total.